The van der Waals surface area contributed by atoms with Crippen LogP contribution in [0.3, 0.4) is 0 Å². The SMILES string of the molecule is Cc1noc(COC(=O)CSc2nc(C)c(C)c(C)c2C(N)=O)n1. The minimum Gasteiger partial charge on any atom is -0.455 e. The van der Waals surface area contributed by atoms with Crippen molar-refractivity contribution in [1.82, 2.24) is 15.1 Å². The zero-order valence-corrected chi connectivity index (χ0v) is 14.7. The van der Waals surface area contributed by atoms with Crippen molar-refractivity contribution in [2.24, 2.45) is 5.73 Å². The number of carbonyl (C=O) groups is 2. The number of pyridine rings is 1. The number of esters is 1. The summed E-state index contributed by atoms with van der Waals surface area (Å²) in [5, 5.41) is 4.03. The number of aromatic nitrogens is 3. The highest BCUT2D eigenvalue weighted by Crippen LogP contribution is 2.26. The van der Waals surface area contributed by atoms with Gasteiger partial charge in [0.2, 0.25) is 0 Å². The van der Waals surface area contributed by atoms with Crippen molar-refractivity contribution in [3.05, 3.63) is 34.1 Å². The summed E-state index contributed by atoms with van der Waals surface area (Å²) in [4.78, 5) is 31.8. The molecule has 2 aromatic rings. The molecule has 2 aromatic heterocycles. The predicted molar refractivity (Wildman–Crippen MR) is 86.5 cm³/mol. The second kappa shape index (κ2) is 7.43. The van der Waals surface area contributed by atoms with Gasteiger partial charge in [-0.05, 0) is 38.8 Å². The van der Waals surface area contributed by atoms with E-state index in [2.05, 4.69) is 15.1 Å². The zero-order chi connectivity index (χ0) is 17.9. The third kappa shape index (κ3) is 4.10. The van der Waals surface area contributed by atoms with Gasteiger partial charge in [0.05, 0.1) is 11.3 Å². The van der Waals surface area contributed by atoms with Gasteiger partial charge in [-0.3, -0.25) is 9.59 Å². The topological polar surface area (TPSA) is 121 Å². The van der Waals surface area contributed by atoms with E-state index >= 15 is 0 Å². The minimum atomic E-state index is -0.569. The van der Waals surface area contributed by atoms with Crippen molar-refractivity contribution in [1.29, 1.82) is 0 Å². The number of hydrogen-bond donors (Lipinski definition) is 1. The lowest BCUT2D eigenvalue weighted by Crippen LogP contribution is -2.17. The largest absolute Gasteiger partial charge is 0.455 e. The Kier molecular flexibility index (Phi) is 5.55. The van der Waals surface area contributed by atoms with Crippen LogP contribution in [0.2, 0.25) is 0 Å². The number of aryl methyl sites for hydroxylation is 2. The Hall–Kier alpha value is -2.42. The number of thioether (sulfide) groups is 1. The maximum atomic E-state index is 11.8. The lowest BCUT2D eigenvalue weighted by Gasteiger charge is -2.13. The fourth-order valence-corrected chi connectivity index (χ4v) is 2.95. The van der Waals surface area contributed by atoms with Gasteiger partial charge >= 0.3 is 5.97 Å². The van der Waals surface area contributed by atoms with Crippen LogP contribution in [0.5, 0.6) is 0 Å². The van der Waals surface area contributed by atoms with Gasteiger partial charge in [0.25, 0.3) is 11.8 Å². The van der Waals surface area contributed by atoms with Crippen LogP contribution in [0.15, 0.2) is 9.55 Å². The number of nitrogens with two attached hydrogens (primary N) is 1. The average molecular weight is 350 g/mol. The van der Waals surface area contributed by atoms with Crippen molar-refractivity contribution in [3.8, 4) is 0 Å². The normalized spacial score (nSPS) is 10.7. The number of primary amides is 1. The Labute approximate surface area is 143 Å². The Morgan fingerprint density at radius 2 is 1.88 bits per heavy atom. The van der Waals surface area contributed by atoms with Gasteiger partial charge in [-0.15, -0.1) is 0 Å². The van der Waals surface area contributed by atoms with Crippen molar-refractivity contribution in [3.63, 3.8) is 0 Å². The summed E-state index contributed by atoms with van der Waals surface area (Å²) in [5.41, 5.74) is 8.24. The van der Waals surface area contributed by atoms with Crippen LogP contribution in [-0.4, -0.2) is 32.8 Å². The molecule has 0 atom stereocenters. The van der Waals surface area contributed by atoms with Gasteiger partial charge in [-0.25, -0.2) is 4.98 Å². The Balaban J connectivity index is 2.03. The van der Waals surface area contributed by atoms with Gasteiger partial charge in [0, 0.05) is 5.69 Å². The third-order valence-corrected chi connectivity index (χ3v) is 4.41. The molecule has 0 bridgehead atoms. The molecule has 0 aliphatic carbocycles. The average Bonchev–Trinajstić information content (AvgIpc) is 2.93. The highest BCUT2D eigenvalue weighted by Gasteiger charge is 2.19. The Morgan fingerprint density at radius 3 is 2.46 bits per heavy atom. The van der Waals surface area contributed by atoms with E-state index in [1.807, 2.05) is 20.8 Å². The summed E-state index contributed by atoms with van der Waals surface area (Å²) in [6, 6.07) is 0. The van der Waals surface area contributed by atoms with Crippen molar-refractivity contribution >= 4 is 23.6 Å². The zero-order valence-electron chi connectivity index (χ0n) is 13.9. The Bertz CT molecular complexity index is 788. The number of amides is 1. The van der Waals surface area contributed by atoms with Crippen LogP contribution < -0.4 is 5.73 Å². The molecule has 0 aromatic carbocycles. The van der Waals surface area contributed by atoms with E-state index in [1.165, 1.54) is 0 Å². The first-order valence-electron chi connectivity index (χ1n) is 7.14. The van der Waals surface area contributed by atoms with E-state index in [0.29, 0.717) is 16.4 Å². The fourth-order valence-electron chi connectivity index (χ4n) is 2.02. The van der Waals surface area contributed by atoms with Gasteiger partial charge in [-0.2, -0.15) is 4.98 Å². The van der Waals surface area contributed by atoms with Crippen molar-refractivity contribution < 1.29 is 18.8 Å². The number of ether oxygens (including phenoxy) is 1. The molecule has 128 valence electrons. The van der Waals surface area contributed by atoms with Crippen LogP contribution in [0.25, 0.3) is 0 Å². The lowest BCUT2D eigenvalue weighted by atomic mass is 10.0. The summed E-state index contributed by atoms with van der Waals surface area (Å²) in [7, 11) is 0. The molecule has 2 N–H and O–H groups in total. The van der Waals surface area contributed by atoms with E-state index in [0.717, 1.165) is 28.6 Å². The summed E-state index contributed by atoms with van der Waals surface area (Å²) in [6.45, 7) is 7.10. The second-order valence-corrected chi connectivity index (χ2v) is 6.14. The molecule has 2 rings (SSSR count). The van der Waals surface area contributed by atoms with Crippen LogP contribution in [0.4, 0.5) is 0 Å². The minimum absolute atomic E-state index is 0.0116. The van der Waals surface area contributed by atoms with Crippen molar-refractivity contribution in [2.75, 3.05) is 5.75 Å². The highest BCUT2D eigenvalue weighted by atomic mass is 32.2. The van der Waals surface area contributed by atoms with E-state index in [4.69, 9.17) is 15.0 Å². The molecule has 9 heteroatoms. The molecule has 0 radical (unpaired) electrons. The molecule has 1 amide bonds. The van der Waals surface area contributed by atoms with Gasteiger partial charge in [0.15, 0.2) is 12.4 Å². The molecule has 0 saturated carbocycles. The highest BCUT2D eigenvalue weighted by molar-refractivity contribution is 8.00. The van der Waals surface area contributed by atoms with Crippen LogP contribution in [0.1, 0.15) is 38.9 Å². The molecule has 2 heterocycles. The van der Waals surface area contributed by atoms with E-state index in [1.54, 1.807) is 6.92 Å². The van der Waals surface area contributed by atoms with Gasteiger partial charge < -0.3 is 15.0 Å². The van der Waals surface area contributed by atoms with Crippen LogP contribution >= 0.6 is 11.8 Å². The van der Waals surface area contributed by atoms with Crippen molar-refractivity contribution in [2.45, 2.75) is 39.3 Å². The first-order valence-corrected chi connectivity index (χ1v) is 8.13. The summed E-state index contributed by atoms with van der Waals surface area (Å²) < 4.78 is 9.90. The standard InChI is InChI=1S/C15H18N4O4S/c1-7-8(2)13(14(16)21)15(17-9(7)3)24-6-12(20)22-5-11-18-10(4)19-23-11/h5-6H2,1-4H3,(H2,16,21). The van der Waals surface area contributed by atoms with E-state index < -0.39 is 11.9 Å². The monoisotopic (exact) mass is 350 g/mol. The molecule has 0 spiro atoms. The van der Waals surface area contributed by atoms with Crippen LogP contribution in [-0.2, 0) is 16.1 Å². The van der Waals surface area contributed by atoms with E-state index in [-0.39, 0.29) is 18.3 Å². The molecule has 0 unspecified atom stereocenters. The second-order valence-electron chi connectivity index (χ2n) is 5.18. The number of hydrogen-bond acceptors (Lipinski definition) is 8. The number of nitrogens with zero attached hydrogens (tertiary/aromatic N) is 3. The first-order chi connectivity index (χ1) is 11.3. The molecule has 0 aliphatic heterocycles. The van der Waals surface area contributed by atoms with Gasteiger partial charge in [0.1, 0.15) is 5.03 Å². The predicted octanol–water partition coefficient (Wildman–Crippen LogP) is 1.63. The smallest absolute Gasteiger partial charge is 0.316 e. The third-order valence-electron chi connectivity index (χ3n) is 3.46. The number of rotatable bonds is 6. The summed E-state index contributed by atoms with van der Waals surface area (Å²) in [5.74, 6) is -0.369. The molecular weight excluding hydrogens is 332 g/mol. The summed E-state index contributed by atoms with van der Waals surface area (Å²) >= 11 is 1.11. The first kappa shape index (κ1) is 17.9. The molecular formula is C15H18N4O4S. The van der Waals surface area contributed by atoms with Gasteiger partial charge in [-0.1, -0.05) is 16.9 Å². The fraction of sp³-hybridized carbons (Fsp3) is 0.400. The van der Waals surface area contributed by atoms with E-state index in [9.17, 15) is 9.59 Å². The summed E-state index contributed by atoms with van der Waals surface area (Å²) in [6.07, 6.45) is 0. The molecule has 0 fully saturated rings. The maximum Gasteiger partial charge on any atom is 0.316 e. The lowest BCUT2D eigenvalue weighted by molar-refractivity contribution is -0.142. The molecule has 0 saturated heterocycles. The molecule has 0 aliphatic rings. The quantitative estimate of drug-likeness (QED) is 0.616. The molecule has 8 nitrogen and oxygen atoms in total. The molecule has 24 heavy (non-hydrogen) atoms. The maximum absolute atomic E-state index is 11.8. The Morgan fingerprint density at radius 1 is 1.17 bits per heavy atom. The number of carbonyl (C=O) groups excluding carboxylic acids is 2. The van der Waals surface area contributed by atoms with Crippen LogP contribution in [0, 0.1) is 27.7 Å².